The average Bonchev–Trinajstić information content (AvgIpc) is 3.10. The first-order valence-electron chi connectivity index (χ1n) is 8.24. The monoisotopic (exact) mass is 408 g/mol. The molecule has 0 N–H and O–H groups in total. The summed E-state index contributed by atoms with van der Waals surface area (Å²) in [5, 5.41) is 1.94. The zero-order valence-electron chi connectivity index (χ0n) is 14.2. The number of hydrogen-bond donors (Lipinski definition) is 0. The van der Waals surface area contributed by atoms with Gasteiger partial charge in [0.15, 0.2) is 5.17 Å². The van der Waals surface area contributed by atoms with Crippen LogP contribution in [0, 0.1) is 0 Å². The van der Waals surface area contributed by atoms with Crippen molar-refractivity contribution in [3.8, 4) is 5.75 Å². The summed E-state index contributed by atoms with van der Waals surface area (Å²) in [5.41, 5.74) is 1.58. The van der Waals surface area contributed by atoms with E-state index in [0.717, 1.165) is 16.5 Å². The Morgan fingerprint density at radius 2 is 2.00 bits per heavy atom. The molecule has 1 aliphatic rings. The molecule has 2 aromatic rings. The van der Waals surface area contributed by atoms with Gasteiger partial charge in [-0.1, -0.05) is 41.0 Å². The highest BCUT2D eigenvalue weighted by Crippen LogP contribution is 2.27. The Morgan fingerprint density at radius 1 is 1.23 bits per heavy atom. The average molecular weight is 409 g/mol. The number of aliphatic imine (C=N–C) groups is 1. The van der Waals surface area contributed by atoms with Crippen molar-refractivity contribution < 1.29 is 9.53 Å². The number of carbonyl (C=O) groups is 1. The normalized spacial score (nSPS) is 13.7. The molecule has 1 amide bonds. The number of thioether (sulfide) groups is 1. The maximum atomic E-state index is 12.8. The quantitative estimate of drug-likeness (QED) is 0.687. The summed E-state index contributed by atoms with van der Waals surface area (Å²) >= 11 is 13.7. The third-order valence-corrected chi connectivity index (χ3v) is 5.48. The molecular formula is C19H18Cl2N2O2S. The molecule has 0 radical (unpaired) electrons. The van der Waals surface area contributed by atoms with Crippen LogP contribution in [0.25, 0.3) is 0 Å². The topological polar surface area (TPSA) is 41.9 Å². The summed E-state index contributed by atoms with van der Waals surface area (Å²) < 4.78 is 5.42. The number of benzene rings is 2. The van der Waals surface area contributed by atoms with E-state index in [1.807, 2.05) is 31.2 Å². The van der Waals surface area contributed by atoms with Crippen LogP contribution in [0.4, 0.5) is 0 Å². The molecule has 1 heterocycles. The van der Waals surface area contributed by atoms with Crippen LogP contribution in [0.1, 0.15) is 22.8 Å². The summed E-state index contributed by atoms with van der Waals surface area (Å²) in [6, 6.07) is 12.6. The van der Waals surface area contributed by atoms with Crippen LogP contribution in [0.2, 0.25) is 10.0 Å². The molecule has 0 fully saturated rings. The number of rotatable bonds is 5. The number of hydrogen-bond acceptors (Lipinski definition) is 4. The van der Waals surface area contributed by atoms with Gasteiger partial charge in [0.2, 0.25) is 0 Å². The number of nitrogens with zero attached hydrogens (tertiary/aromatic N) is 2. The summed E-state index contributed by atoms with van der Waals surface area (Å²) in [6.45, 7) is 3.72. The van der Waals surface area contributed by atoms with E-state index in [1.54, 1.807) is 23.1 Å². The summed E-state index contributed by atoms with van der Waals surface area (Å²) in [4.78, 5) is 19.0. The molecule has 0 bridgehead atoms. The molecule has 0 saturated heterocycles. The number of ether oxygens (including phenoxy) is 1. The van der Waals surface area contributed by atoms with Crippen LogP contribution < -0.4 is 4.74 Å². The second-order valence-corrected chi connectivity index (χ2v) is 7.39. The Bertz CT molecular complexity index is 825. The Balaban J connectivity index is 1.66. The predicted molar refractivity (Wildman–Crippen MR) is 109 cm³/mol. The van der Waals surface area contributed by atoms with Gasteiger partial charge in [0, 0.05) is 27.9 Å². The fraction of sp³-hybridized carbons (Fsp3) is 0.263. The van der Waals surface area contributed by atoms with Gasteiger partial charge in [-0.25, -0.2) is 0 Å². The smallest absolute Gasteiger partial charge is 0.259 e. The third kappa shape index (κ3) is 4.53. The number of amides is 1. The molecule has 3 rings (SSSR count). The van der Waals surface area contributed by atoms with E-state index >= 15 is 0 Å². The van der Waals surface area contributed by atoms with Crippen molar-refractivity contribution in [1.29, 1.82) is 0 Å². The second-order valence-electron chi connectivity index (χ2n) is 5.60. The van der Waals surface area contributed by atoms with Crippen LogP contribution in [0.3, 0.4) is 0 Å². The van der Waals surface area contributed by atoms with E-state index in [0.29, 0.717) is 41.1 Å². The maximum absolute atomic E-state index is 12.8. The molecule has 2 aromatic carbocycles. The van der Waals surface area contributed by atoms with Gasteiger partial charge < -0.3 is 4.74 Å². The largest absolute Gasteiger partial charge is 0.494 e. The number of amidine groups is 1. The van der Waals surface area contributed by atoms with E-state index in [-0.39, 0.29) is 5.91 Å². The molecular weight excluding hydrogens is 391 g/mol. The highest BCUT2D eigenvalue weighted by Gasteiger charge is 2.25. The van der Waals surface area contributed by atoms with Gasteiger partial charge in [-0.2, -0.15) is 0 Å². The molecule has 4 nitrogen and oxygen atoms in total. The van der Waals surface area contributed by atoms with Crippen molar-refractivity contribution in [1.82, 2.24) is 4.90 Å². The fourth-order valence-corrected chi connectivity index (χ4v) is 4.14. The maximum Gasteiger partial charge on any atom is 0.259 e. The minimum Gasteiger partial charge on any atom is -0.494 e. The summed E-state index contributed by atoms with van der Waals surface area (Å²) in [7, 11) is 0. The Kier molecular flexibility index (Phi) is 6.46. The SMILES string of the molecule is CCOc1ccc(C(=O)N2CCN=C2SCc2ccc(Cl)cc2Cl)cc1. The van der Waals surface area contributed by atoms with E-state index in [9.17, 15) is 4.79 Å². The van der Waals surface area contributed by atoms with Crippen LogP contribution in [0.15, 0.2) is 47.5 Å². The molecule has 0 atom stereocenters. The lowest BCUT2D eigenvalue weighted by Gasteiger charge is -2.18. The minimum atomic E-state index is -0.0565. The molecule has 0 saturated carbocycles. The number of halogens is 2. The standard InChI is InChI=1S/C19H18Cl2N2O2S/c1-2-25-16-7-4-13(5-8-16)18(24)23-10-9-22-19(23)26-12-14-3-6-15(20)11-17(14)21/h3-8,11H,2,9-10,12H2,1H3. The van der Waals surface area contributed by atoms with Crippen molar-refractivity contribution >= 4 is 46.0 Å². The first kappa shape index (κ1) is 19.1. The van der Waals surface area contributed by atoms with Gasteiger partial charge in [0.05, 0.1) is 13.2 Å². The van der Waals surface area contributed by atoms with Gasteiger partial charge >= 0.3 is 0 Å². The lowest BCUT2D eigenvalue weighted by molar-refractivity contribution is 0.0860. The molecule has 0 unspecified atom stereocenters. The lowest BCUT2D eigenvalue weighted by Crippen LogP contribution is -2.32. The molecule has 0 spiro atoms. The third-order valence-electron chi connectivity index (χ3n) is 3.83. The molecule has 0 aliphatic carbocycles. The lowest BCUT2D eigenvalue weighted by atomic mass is 10.2. The van der Waals surface area contributed by atoms with Crippen LogP contribution in [-0.2, 0) is 5.75 Å². The molecule has 26 heavy (non-hydrogen) atoms. The Hall–Kier alpha value is -1.69. The number of carbonyl (C=O) groups excluding carboxylic acids is 1. The van der Waals surface area contributed by atoms with E-state index in [4.69, 9.17) is 27.9 Å². The molecule has 0 aromatic heterocycles. The van der Waals surface area contributed by atoms with Crippen molar-refractivity contribution in [2.45, 2.75) is 12.7 Å². The first-order valence-corrected chi connectivity index (χ1v) is 9.98. The Labute approximate surface area is 167 Å². The Morgan fingerprint density at radius 3 is 2.69 bits per heavy atom. The van der Waals surface area contributed by atoms with Crippen molar-refractivity contribution in [2.75, 3.05) is 19.7 Å². The van der Waals surface area contributed by atoms with Crippen LogP contribution in [0.5, 0.6) is 5.75 Å². The van der Waals surface area contributed by atoms with Gasteiger partial charge in [-0.05, 0) is 48.9 Å². The summed E-state index contributed by atoms with van der Waals surface area (Å²) in [5.74, 6) is 1.33. The van der Waals surface area contributed by atoms with Crippen molar-refractivity contribution in [3.05, 3.63) is 63.6 Å². The van der Waals surface area contributed by atoms with Crippen LogP contribution >= 0.6 is 35.0 Å². The van der Waals surface area contributed by atoms with Crippen molar-refractivity contribution in [3.63, 3.8) is 0 Å². The van der Waals surface area contributed by atoms with E-state index in [2.05, 4.69) is 4.99 Å². The zero-order valence-corrected chi connectivity index (χ0v) is 16.6. The minimum absolute atomic E-state index is 0.0565. The van der Waals surface area contributed by atoms with Gasteiger partial charge in [0.1, 0.15) is 5.75 Å². The predicted octanol–water partition coefficient (Wildman–Crippen LogP) is 5.14. The van der Waals surface area contributed by atoms with Gasteiger partial charge in [-0.15, -0.1) is 0 Å². The fourth-order valence-electron chi connectivity index (χ4n) is 2.54. The highest BCUT2D eigenvalue weighted by molar-refractivity contribution is 8.13. The van der Waals surface area contributed by atoms with Crippen LogP contribution in [-0.4, -0.2) is 35.7 Å². The molecule has 1 aliphatic heterocycles. The van der Waals surface area contributed by atoms with Crippen molar-refractivity contribution in [2.24, 2.45) is 4.99 Å². The molecule has 136 valence electrons. The highest BCUT2D eigenvalue weighted by atomic mass is 35.5. The second kappa shape index (κ2) is 8.80. The summed E-state index contributed by atoms with van der Waals surface area (Å²) in [6.07, 6.45) is 0. The van der Waals surface area contributed by atoms with E-state index < -0.39 is 0 Å². The molecule has 7 heteroatoms. The van der Waals surface area contributed by atoms with Gasteiger partial charge in [-0.3, -0.25) is 14.7 Å². The van der Waals surface area contributed by atoms with Gasteiger partial charge in [0.25, 0.3) is 5.91 Å². The zero-order chi connectivity index (χ0) is 18.5. The first-order chi connectivity index (χ1) is 12.6. The van der Waals surface area contributed by atoms with E-state index in [1.165, 1.54) is 11.8 Å².